The summed E-state index contributed by atoms with van der Waals surface area (Å²) in [6, 6.07) is 4.70. The predicted octanol–water partition coefficient (Wildman–Crippen LogP) is 2.33. The quantitative estimate of drug-likeness (QED) is 0.496. The van der Waals surface area contributed by atoms with Crippen LogP contribution in [0.2, 0.25) is 0 Å². The first-order valence-electron chi connectivity index (χ1n) is 9.31. The third-order valence-corrected chi connectivity index (χ3v) is 4.33. The molecule has 0 fully saturated rings. The minimum Gasteiger partial charge on any atom is -0.497 e. The standard InChI is InChI=1S/C16H27N3O.C4H4O4/c1-12(6-4-8-17)18-15-11-14(20-3)10-13-7-5-9-19(2)16(13)15;5-3(6)1-2-4(7)8/h10-12,18H,4-9,17H2,1-3H3;1-2H,(H,5,6)(H,7,8)/b;2-1+. The summed E-state index contributed by atoms with van der Waals surface area (Å²) in [5, 5.41) is 19.3. The van der Waals surface area contributed by atoms with Crippen molar-refractivity contribution < 1.29 is 24.5 Å². The number of nitrogens with one attached hydrogen (secondary N) is 1. The number of rotatable bonds is 8. The average molecular weight is 393 g/mol. The van der Waals surface area contributed by atoms with E-state index in [-0.39, 0.29) is 0 Å². The molecule has 1 aliphatic rings. The van der Waals surface area contributed by atoms with E-state index in [0.29, 0.717) is 18.2 Å². The number of ether oxygens (including phenoxy) is 1. The van der Waals surface area contributed by atoms with Crippen LogP contribution in [0.25, 0.3) is 0 Å². The van der Waals surface area contributed by atoms with E-state index in [1.807, 2.05) is 0 Å². The number of aliphatic carboxylic acids is 2. The molecule has 1 aromatic carbocycles. The van der Waals surface area contributed by atoms with Gasteiger partial charge in [-0.3, -0.25) is 0 Å². The van der Waals surface area contributed by atoms with E-state index in [9.17, 15) is 9.59 Å². The molecule has 1 heterocycles. The Morgan fingerprint density at radius 3 is 2.50 bits per heavy atom. The predicted molar refractivity (Wildman–Crippen MR) is 110 cm³/mol. The number of anilines is 2. The molecule has 0 aliphatic carbocycles. The molecule has 1 aliphatic heterocycles. The molecule has 0 radical (unpaired) electrons. The number of carboxylic acid groups (broad SMARTS) is 2. The van der Waals surface area contributed by atoms with E-state index in [1.165, 1.54) is 23.4 Å². The Balaban J connectivity index is 0.000000416. The number of carbonyl (C=O) groups is 2. The zero-order valence-corrected chi connectivity index (χ0v) is 16.8. The molecule has 0 amide bonds. The van der Waals surface area contributed by atoms with Crippen LogP contribution in [-0.4, -0.2) is 55.4 Å². The van der Waals surface area contributed by atoms with Crippen LogP contribution in [0, 0.1) is 0 Å². The lowest BCUT2D eigenvalue weighted by Crippen LogP contribution is -2.27. The Kier molecular flexibility index (Phi) is 9.87. The van der Waals surface area contributed by atoms with Crippen molar-refractivity contribution in [3.8, 4) is 5.75 Å². The highest BCUT2D eigenvalue weighted by Crippen LogP contribution is 2.37. The van der Waals surface area contributed by atoms with Gasteiger partial charge in [0.15, 0.2) is 0 Å². The SMILES string of the molecule is COc1cc2c(c(NC(C)CCCN)c1)N(C)CCC2.O=C(O)/C=C/C(=O)O. The van der Waals surface area contributed by atoms with Crippen LogP contribution in [0.4, 0.5) is 11.4 Å². The summed E-state index contributed by atoms with van der Waals surface area (Å²) in [7, 11) is 3.90. The van der Waals surface area contributed by atoms with Crippen LogP contribution in [0.3, 0.4) is 0 Å². The van der Waals surface area contributed by atoms with Gasteiger partial charge in [0, 0.05) is 37.9 Å². The summed E-state index contributed by atoms with van der Waals surface area (Å²) in [5.41, 5.74) is 9.49. The van der Waals surface area contributed by atoms with Gasteiger partial charge in [0.2, 0.25) is 0 Å². The van der Waals surface area contributed by atoms with Crippen molar-refractivity contribution in [3.63, 3.8) is 0 Å². The van der Waals surface area contributed by atoms with E-state index in [2.05, 4.69) is 36.3 Å². The Morgan fingerprint density at radius 2 is 1.96 bits per heavy atom. The van der Waals surface area contributed by atoms with E-state index in [0.717, 1.165) is 38.1 Å². The number of benzene rings is 1. The number of fused-ring (bicyclic) bond motifs is 1. The maximum absolute atomic E-state index is 9.55. The lowest BCUT2D eigenvalue weighted by Gasteiger charge is -2.31. The first-order valence-corrected chi connectivity index (χ1v) is 9.31. The Labute approximate surface area is 166 Å². The maximum atomic E-state index is 9.55. The van der Waals surface area contributed by atoms with Crippen molar-refractivity contribution in [1.82, 2.24) is 0 Å². The molecule has 0 spiro atoms. The molecule has 2 rings (SSSR count). The fraction of sp³-hybridized carbons (Fsp3) is 0.500. The van der Waals surface area contributed by atoms with Crippen molar-refractivity contribution >= 4 is 23.3 Å². The molecule has 1 aromatic rings. The Morgan fingerprint density at radius 1 is 1.32 bits per heavy atom. The zero-order chi connectivity index (χ0) is 21.1. The first kappa shape index (κ1) is 23.3. The minimum absolute atomic E-state index is 0.421. The van der Waals surface area contributed by atoms with Gasteiger partial charge in [0.1, 0.15) is 5.75 Å². The highest BCUT2D eigenvalue weighted by Gasteiger charge is 2.20. The molecule has 28 heavy (non-hydrogen) atoms. The smallest absolute Gasteiger partial charge is 0.328 e. The van der Waals surface area contributed by atoms with Crippen molar-refractivity contribution in [1.29, 1.82) is 0 Å². The molecule has 0 saturated carbocycles. The van der Waals surface area contributed by atoms with Gasteiger partial charge in [-0.05, 0) is 50.8 Å². The molecular weight excluding hydrogens is 362 g/mol. The lowest BCUT2D eigenvalue weighted by molar-refractivity contribution is -0.134. The van der Waals surface area contributed by atoms with Crippen molar-refractivity contribution in [2.75, 3.05) is 37.5 Å². The van der Waals surface area contributed by atoms with Crippen LogP contribution >= 0.6 is 0 Å². The van der Waals surface area contributed by atoms with Gasteiger partial charge in [-0.1, -0.05) is 0 Å². The molecule has 8 heteroatoms. The van der Waals surface area contributed by atoms with Gasteiger partial charge in [0.25, 0.3) is 0 Å². The van der Waals surface area contributed by atoms with Crippen LogP contribution < -0.4 is 20.7 Å². The van der Waals surface area contributed by atoms with Gasteiger partial charge in [-0.2, -0.15) is 0 Å². The highest BCUT2D eigenvalue weighted by atomic mass is 16.5. The molecule has 156 valence electrons. The summed E-state index contributed by atoms with van der Waals surface area (Å²) in [6.45, 7) is 4.08. The Bertz CT molecular complexity index is 675. The van der Waals surface area contributed by atoms with Crippen molar-refractivity contribution in [2.45, 2.75) is 38.6 Å². The number of carboxylic acids is 2. The molecule has 8 nitrogen and oxygen atoms in total. The van der Waals surface area contributed by atoms with Crippen LogP contribution in [0.1, 0.15) is 31.7 Å². The number of methoxy groups -OCH3 is 1. The van der Waals surface area contributed by atoms with Crippen molar-refractivity contribution in [2.24, 2.45) is 5.73 Å². The van der Waals surface area contributed by atoms with Crippen molar-refractivity contribution in [3.05, 3.63) is 29.8 Å². The fourth-order valence-electron chi connectivity index (χ4n) is 3.06. The van der Waals surface area contributed by atoms with Gasteiger partial charge in [-0.15, -0.1) is 0 Å². The zero-order valence-electron chi connectivity index (χ0n) is 16.8. The molecule has 1 atom stereocenters. The second-order valence-electron chi connectivity index (χ2n) is 6.69. The summed E-state index contributed by atoms with van der Waals surface area (Å²) >= 11 is 0. The molecular formula is C20H31N3O5. The molecule has 0 saturated heterocycles. The third kappa shape index (κ3) is 7.87. The summed E-state index contributed by atoms with van der Waals surface area (Å²) in [6.07, 6.45) is 5.59. The van der Waals surface area contributed by atoms with E-state index >= 15 is 0 Å². The summed E-state index contributed by atoms with van der Waals surface area (Å²) < 4.78 is 5.44. The van der Waals surface area contributed by atoms with Gasteiger partial charge in [0.05, 0.1) is 18.5 Å². The maximum Gasteiger partial charge on any atom is 0.328 e. The lowest BCUT2D eigenvalue weighted by atomic mass is 9.99. The third-order valence-electron chi connectivity index (χ3n) is 4.33. The topological polar surface area (TPSA) is 125 Å². The highest BCUT2D eigenvalue weighted by molar-refractivity contribution is 5.89. The number of hydrogen-bond acceptors (Lipinski definition) is 6. The monoisotopic (exact) mass is 393 g/mol. The average Bonchev–Trinajstić information content (AvgIpc) is 2.65. The molecule has 0 bridgehead atoms. The molecule has 0 aromatic heterocycles. The first-order chi connectivity index (χ1) is 13.3. The molecule has 1 unspecified atom stereocenters. The largest absolute Gasteiger partial charge is 0.497 e. The summed E-state index contributed by atoms with van der Waals surface area (Å²) in [5.74, 6) is -1.58. The minimum atomic E-state index is -1.26. The van der Waals surface area contributed by atoms with E-state index in [1.54, 1.807) is 7.11 Å². The van der Waals surface area contributed by atoms with Crippen LogP contribution in [-0.2, 0) is 16.0 Å². The molecule has 5 N–H and O–H groups in total. The second-order valence-corrected chi connectivity index (χ2v) is 6.69. The van der Waals surface area contributed by atoms with Gasteiger partial charge < -0.3 is 30.9 Å². The number of hydrogen-bond donors (Lipinski definition) is 4. The number of nitrogens with zero attached hydrogens (tertiary/aromatic N) is 1. The number of aryl methyl sites for hydroxylation is 1. The van der Waals surface area contributed by atoms with E-state index < -0.39 is 11.9 Å². The van der Waals surface area contributed by atoms with Gasteiger partial charge >= 0.3 is 11.9 Å². The van der Waals surface area contributed by atoms with Crippen LogP contribution in [0.15, 0.2) is 24.3 Å². The van der Waals surface area contributed by atoms with Crippen LogP contribution in [0.5, 0.6) is 5.75 Å². The van der Waals surface area contributed by atoms with E-state index in [4.69, 9.17) is 20.7 Å². The summed E-state index contributed by atoms with van der Waals surface area (Å²) in [4.78, 5) is 21.5. The number of nitrogens with two attached hydrogens (primary N) is 1. The Hall–Kier alpha value is -2.74. The van der Waals surface area contributed by atoms with Gasteiger partial charge in [-0.25, -0.2) is 9.59 Å². The second kappa shape index (κ2) is 11.9. The fourth-order valence-corrected chi connectivity index (χ4v) is 3.06. The normalized spacial score (nSPS) is 13.9.